The lowest BCUT2D eigenvalue weighted by atomic mass is 9.86. The van der Waals surface area contributed by atoms with Crippen LogP contribution in [0.1, 0.15) is 39.2 Å². The van der Waals surface area contributed by atoms with Crippen LogP contribution in [0.15, 0.2) is 72.8 Å². The summed E-state index contributed by atoms with van der Waals surface area (Å²) >= 11 is 5.95. The summed E-state index contributed by atoms with van der Waals surface area (Å²) in [6.07, 6.45) is 0. The van der Waals surface area contributed by atoms with Gasteiger partial charge in [-0.25, -0.2) is 4.79 Å². The fourth-order valence-corrected chi connectivity index (χ4v) is 4.25. The Bertz CT molecular complexity index is 1270. The van der Waals surface area contributed by atoms with Gasteiger partial charge in [0.1, 0.15) is 11.7 Å². The van der Waals surface area contributed by atoms with E-state index < -0.39 is 35.4 Å². The number of carbonyl (C=O) groups excluding carboxylic acids is 4. The normalized spacial score (nSPS) is 17.4. The predicted molar refractivity (Wildman–Crippen MR) is 130 cm³/mol. The number of benzene rings is 3. The third-order valence-corrected chi connectivity index (χ3v) is 6.08. The van der Waals surface area contributed by atoms with Crippen molar-refractivity contribution in [2.24, 2.45) is 5.92 Å². The zero-order valence-corrected chi connectivity index (χ0v) is 19.8. The Morgan fingerprint density at radius 2 is 1.49 bits per heavy atom. The second-order valence-electron chi connectivity index (χ2n) is 7.87. The zero-order valence-electron chi connectivity index (χ0n) is 19.1. The highest BCUT2D eigenvalue weighted by Gasteiger charge is 2.52. The first kappa shape index (κ1) is 24.2. The Balaban J connectivity index is 1.79. The van der Waals surface area contributed by atoms with Gasteiger partial charge in [0.2, 0.25) is 5.78 Å². The van der Waals surface area contributed by atoms with Crippen LogP contribution < -0.4 is 9.64 Å². The van der Waals surface area contributed by atoms with Crippen LogP contribution in [-0.2, 0) is 14.3 Å². The first-order chi connectivity index (χ1) is 16.8. The summed E-state index contributed by atoms with van der Waals surface area (Å²) in [5.74, 6) is -3.25. The summed E-state index contributed by atoms with van der Waals surface area (Å²) in [4.78, 5) is 53.2. The fourth-order valence-electron chi connectivity index (χ4n) is 4.12. The van der Waals surface area contributed by atoms with Crippen molar-refractivity contribution in [3.8, 4) is 5.75 Å². The Labute approximate surface area is 207 Å². The van der Waals surface area contributed by atoms with Crippen molar-refractivity contribution in [3.63, 3.8) is 0 Å². The molecule has 7 nitrogen and oxygen atoms in total. The molecule has 2 unspecified atom stereocenters. The minimum absolute atomic E-state index is 0.230. The van der Waals surface area contributed by atoms with Crippen LogP contribution in [0.25, 0.3) is 0 Å². The van der Waals surface area contributed by atoms with Gasteiger partial charge in [0.15, 0.2) is 5.78 Å². The van der Waals surface area contributed by atoms with Crippen molar-refractivity contribution in [1.29, 1.82) is 0 Å². The second-order valence-corrected chi connectivity index (χ2v) is 8.31. The molecular formula is C27H22ClNO6. The topological polar surface area (TPSA) is 90.0 Å². The van der Waals surface area contributed by atoms with Crippen molar-refractivity contribution in [1.82, 2.24) is 0 Å². The quantitative estimate of drug-likeness (QED) is 0.206. The first-order valence-electron chi connectivity index (χ1n) is 10.9. The largest absolute Gasteiger partial charge is 0.497 e. The third kappa shape index (κ3) is 4.68. The van der Waals surface area contributed by atoms with Gasteiger partial charge in [-0.2, -0.15) is 0 Å². The fraction of sp³-hybridized carbons (Fsp3) is 0.185. The molecule has 178 valence electrons. The van der Waals surface area contributed by atoms with Crippen LogP contribution in [0.5, 0.6) is 5.75 Å². The lowest BCUT2D eigenvalue weighted by Gasteiger charge is -2.27. The van der Waals surface area contributed by atoms with Gasteiger partial charge in [-0.3, -0.25) is 19.3 Å². The second kappa shape index (κ2) is 10.1. The molecule has 0 N–H and O–H groups in total. The lowest BCUT2D eigenvalue weighted by molar-refractivity contribution is -0.135. The number of carbonyl (C=O) groups is 4. The average Bonchev–Trinajstić information content (AvgIpc) is 3.14. The number of esters is 1. The molecule has 2 atom stereocenters. The van der Waals surface area contributed by atoms with Gasteiger partial charge in [-0.05, 0) is 73.2 Å². The summed E-state index contributed by atoms with van der Waals surface area (Å²) in [5.41, 5.74) is 1.55. The van der Waals surface area contributed by atoms with Gasteiger partial charge in [-0.1, -0.05) is 23.7 Å². The van der Waals surface area contributed by atoms with Crippen LogP contribution in [0.4, 0.5) is 5.69 Å². The lowest BCUT2D eigenvalue weighted by Crippen LogP contribution is -2.30. The minimum Gasteiger partial charge on any atom is -0.497 e. The van der Waals surface area contributed by atoms with Crippen molar-refractivity contribution >= 4 is 40.7 Å². The van der Waals surface area contributed by atoms with Crippen molar-refractivity contribution in [2.75, 3.05) is 18.6 Å². The standard InChI is InChI=1S/C27H22ClNO6/c1-3-35-27(33)18-6-12-20(13-7-18)29-23(16-8-14-21(34-2)15-9-16)22(25(31)26(29)32)24(30)17-4-10-19(28)11-5-17/h4-15,22-23H,3H2,1-2H3. The van der Waals surface area contributed by atoms with Crippen LogP contribution >= 0.6 is 11.6 Å². The molecule has 1 aliphatic rings. The van der Waals surface area contributed by atoms with E-state index in [1.807, 2.05) is 0 Å². The predicted octanol–water partition coefficient (Wildman–Crippen LogP) is 4.68. The summed E-state index contributed by atoms with van der Waals surface area (Å²) in [6.45, 7) is 1.94. The van der Waals surface area contributed by atoms with E-state index in [1.165, 1.54) is 36.3 Å². The van der Waals surface area contributed by atoms with Gasteiger partial charge in [0.05, 0.1) is 25.3 Å². The maximum atomic E-state index is 13.5. The molecular weight excluding hydrogens is 470 g/mol. The molecule has 1 amide bonds. The number of halogens is 1. The van der Waals surface area contributed by atoms with E-state index in [4.69, 9.17) is 21.1 Å². The minimum atomic E-state index is -1.26. The van der Waals surface area contributed by atoms with Crippen LogP contribution in [0.3, 0.4) is 0 Å². The number of ketones is 2. The molecule has 8 heteroatoms. The first-order valence-corrected chi connectivity index (χ1v) is 11.3. The number of anilines is 1. The smallest absolute Gasteiger partial charge is 0.338 e. The van der Waals surface area contributed by atoms with E-state index in [2.05, 4.69) is 0 Å². The van der Waals surface area contributed by atoms with Crippen LogP contribution in [-0.4, -0.2) is 37.2 Å². The number of hydrogen-bond donors (Lipinski definition) is 0. The number of ether oxygens (including phenoxy) is 2. The Morgan fingerprint density at radius 1 is 0.886 bits per heavy atom. The highest BCUT2D eigenvalue weighted by atomic mass is 35.5. The van der Waals surface area contributed by atoms with E-state index in [0.29, 0.717) is 27.6 Å². The maximum absolute atomic E-state index is 13.5. The van der Waals surface area contributed by atoms with Gasteiger partial charge in [0, 0.05) is 16.3 Å². The number of methoxy groups -OCH3 is 1. The summed E-state index contributed by atoms with van der Waals surface area (Å²) in [7, 11) is 1.53. The zero-order chi connectivity index (χ0) is 25.1. The number of Topliss-reactive ketones (excluding diaryl/α,β-unsaturated/α-hetero) is 2. The number of amides is 1. The van der Waals surface area contributed by atoms with Crippen LogP contribution in [0.2, 0.25) is 5.02 Å². The van der Waals surface area contributed by atoms with Crippen LogP contribution in [0, 0.1) is 5.92 Å². The summed E-state index contributed by atoms with van der Waals surface area (Å²) in [6, 6.07) is 18.3. The Hall–Kier alpha value is -3.97. The molecule has 0 bridgehead atoms. The molecule has 1 fully saturated rings. The van der Waals surface area contributed by atoms with Crippen molar-refractivity contribution in [2.45, 2.75) is 13.0 Å². The van der Waals surface area contributed by atoms with Crippen molar-refractivity contribution < 1.29 is 28.7 Å². The maximum Gasteiger partial charge on any atom is 0.338 e. The molecule has 1 aliphatic heterocycles. The van der Waals surface area contributed by atoms with Gasteiger partial charge >= 0.3 is 5.97 Å². The van der Waals surface area contributed by atoms with Gasteiger partial charge < -0.3 is 9.47 Å². The molecule has 3 aromatic carbocycles. The molecule has 0 aliphatic carbocycles. The number of nitrogens with zero attached hydrogens (tertiary/aromatic N) is 1. The Morgan fingerprint density at radius 3 is 2.06 bits per heavy atom. The summed E-state index contributed by atoms with van der Waals surface area (Å²) in [5, 5.41) is 0.449. The molecule has 0 saturated carbocycles. The molecule has 3 aromatic rings. The van der Waals surface area contributed by atoms with Gasteiger partial charge in [0.25, 0.3) is 5.91 Å². The molecule has 4 rings (SSSR count). The highest BCUT2D eigenvalue weighted by Crippen LogP contribution is 2.41. The highest BCUT2D eigenvalue weighted by molar-refractivity contribution is 6.49. The number of hydrogen-bond acceptors (Lipinski definition) is 6. The molecule has 0 spiro atoms. The molecule has 0 radical (unpaired) electrons. The van der Waals surface area contributed by atoms with Crippen molar-refractivity contribution in [3.05, 3.63) is 94.5 Å². The van der Waals surface area contributed by atoms with E-state index in [9.17, 15) is 19.2 Å². The molecule has 1 heterocycles. The van der Waals surface area contributed by atoms with E-state index in [-0.39, 0.29) is 12.2 Å². The molecule has 1 saturated heterocycles. The van der Waals surface area contributed by atoms with E-state index in [1.54, 1.807) is 55.5 Å². The number of rotatable bonds is 7. The SMILES string of the molecule is CCOC(=O)c1ccc(N2C(=O)C(=O)C(C(=O)c3ccc(Cl)cc3)C2c2ccc(OC)cc2)cc1. The van der Waals surface area contributed by atoms with E-state index >= 15 is 0 Å². The third-order valence-electron chi connectivity index (χ3n) is 5.83. The van der Waals surface area contributed by atoms with Gasteiger partial charge in [-0.15, -0.1) is 0 Å². The molecule has 35 heavy (non-hydrogen) atoms. The van der Waals surface area contributed by atoms with E-state index in [0.717, 1.165) is 0 Å². The molecule has 0 aromatic heterocycles. The summed E-state index contributed by atoms with van der Waals surface area (Å²) < 4.78 is 10.2. The monoisotopic (exact) mass is 491 g/mol. The average molecular weight is 492 g/mol. The Kier molecular flexibility index (Phi) is 6.98.